The number of carbonyl (C=O) groups is 2. The number of esters is 1. The van der Waals surface area contributed by atoms with Crippen LogP contribution in [0.3, 0.4) is 0 Å². The van der Waals surface area contributed by atoms with Gasteiger partial charge in [-0.15, -0.1) is 0 Å². The summed E-state index contributed by atoms with van der Waals surface area (Å²) in [4.78, 5) is 30.1. The van der Waals surface area contributed by atoms with Gasteiger partial charge in [-0.2, -0.15) is 4.98 Å². The van der Waals surface area contributed by atoms with Crippen LogP contribution in [0.2, 0.25) is 0 Å². The normalized spacial score (nSPS) is 17.2. The third kappa shape index (κ3) is 4.35. The highest BCUT2D eigenvalue weighted by atomic mass is 16.6. The summed E-state index contributed by atoms with van der Waals surface area (Å²) in [5, 5.41) is 3.94. The second-order valence-electron chi connectivity index (χ2n) is 7.44. The Morgan fingerprint density at radius 3 is 2.56 bits per heavy atom. The first kappa shape index (κ1) is 19.1. The first-order valence-electron chi connectivity index (χ1n) is 9.24. The summed E-state index contributed by atoms with van der Waals surface area (Å²) in [6.45, 7) is 8.43. The number of rotatable bonds is 6. The summed E-state index contributed by atoms with van der Waals surface area (Å²) in [7, 11) is 0. The largest absolute Gasteiger partial charge is 0.455 e. The molecule has 1 aromatic carbocycles. The van der Waals surface area contributed by atoms with Crippen LogP contribution in [0.1, 0.15) is 51.5 Å². The van der Waals surface area contributed by atoms with E-state index in [2.05, 4.69) is 24.0 Å². The van der Waals surface area contributed by atoms with Crippen LogP contribution < -0.4 is 0 Å². The van der Waals surface area contributed by atoms with Gasteiger partial charge in [0.25, 0.3) is 5.89 Å². The van der Waals surface area contributed by atoms with Crippen LogP contribution in [0.4, 0.5) is 0 Å². The van der Waals surface area contributed by atoms with Gasteiger partial charge in [-0.3, -0.25) is 9.59 Å². The van der Waals surface area contributed by atoms with Crippen molar-refractivity contribution in [3.8, 4) is 11.4 Å². The molecule has 1 aliphatic rings. The molecule has 7 heteroatoms. The van der Waals surface area contributed by atoms with Gasteiger partial charge >= 0.3 is 5.97 Å². The number of ether oxygens (including phenoxy) is 1. The number of hydrogen-bond donors (Lipinski definition) is 0. The van der Waals surface area contributed by atoms with Crippen molar-refractivity contribution in [3.63, 3.8) is 0 Å². The Kier molecular flexibility index (Phi) is 5.58. The number of benzene rings is 1. The fraction of sp³-hybridized carbons (Fsp3) is 0.500. The van der Waals surface area contributed by atoms with E-state index in [-0.39, 0.29) is 30.9 Å². The number of carbonyl (C=O) groups excluding carboxylic acids is 2. The molecule has 1 saturated heterocycles. The van der Waals surface area contributed by atoms with Crippen molar-refractivity contribution in [3.05, 3.63) is 35.7 Å². The van der Waals surface area contributed by atoms with E-state index in [1.54, 1.807) is 4.90 Å². The standard InChI is InChI=1S/C20H25N3O4/c1-12(2)14-5-7-15(8-6-14)19-21-17(27-22-19)11-26-20(25)16-9-18(24)23(10-16)13(3)4/h5-8,12-13,16H,9-11H2,1-4H3/t16-/m0/s1. The summed E-state index contributed by atoms with van der Waals surface area (Å²) < 4.78 is 10.4. The van der Waals surface area contributed by atoms with E-state index >= 15 is 0 Å². The maximum Gasteiger partial charge on any atom is 0.311 e. The monoisotopic (exact) mass is 371 g/mol. The van der Waals surface area contributed by atoms with E-state index in [1.807, 2.05) is 38.1 Å². The molecule has 3 rings (SSSR count). The van der Waals surface area contributed by atoms with Gasteiger partial charge in [0, 0.05) is 24.6 Å². The Bertz CT molecular complexity index is 811. The fourth-order valence-electron chi connectivity index (χ4n) is 3.09. The topological polar surface area (TPSA) is 85.5 Å². The highest BCUT2D eigenvalue weighted by Gasteiger charge is 2.36. The molecule has 27 heavy (non-hydrogen) atoms. The number of likely N-dealkylation sites (tertiary alicyclic amines) is 1. The molecule has 0 aliphatic carbocycles. The quantitative estimate of drug-likeness (QED) is 0.725. The van der Waals surface area contributed by atoms with Gasteiger partial charge in [0.1, 0.15) is 0 Å². The van der Waals surface area contributed by atoms with Crippen LogP contribution in [0.5, 0.6) is 0 Å². The maximum absolute atomic E-state index is 12.2. The zero-order valence-corrected chi connectivity index (χ0v) is 16.1. The van der Waals surface area contributed by atoms with Crippen molar-refractivity contribution >= 4 is 11.9 Å². The summed E-state index contributed by atoms with van der Waals surface area (Å²) in [6, 6.07) is 8.04. The number of aromatic nitrogens is 2. The third-order valence-corrected chi connectivity index (χ3v) is 4.76. The van der Waals surface area contributed by atoms with Gasteiger partial charge in [-0.05, 0) is 25.3 Å². The number of amides is 1. The average Bonchev–Trinajstić information content (AvgIpc) is 3.26. The smallest absolute Gasteiger partial charge is 0.311 e. The Labute approximate surface area is 158 Å². The second-order valence-corrected chi connectivity index (χ2v) is 7.44. The van der Waals surface area contributed by atoms with Gasteiger partial charge in [0.2, 0.25) is 11.7 Å². The van der Waals surface area contributed by atoms with Crippen LogP contribution >= 0.6 is 0 Å². The molecule has 144 valence electrons. The molecule has 1 aliphatic heterocycles. The molecule has 1 aromatic heterocycles. The maximum atomic E-state index is 12.2. The van der Waals surface area contributed by atoms with Crippen molar-refractivity contribution in [2.75, 3.05) is 6.54 Å². The molecule has 0 saturated carbocycles. The molecular formula is C20H25N3O4. The number of nitrogens with zero attached hydrogens (tertiary/aromatic N) is 3. The lowest BCUT2D eigenvalue weighted by atomic mass is 10.0. The summed E-state index contributed by atoms with van der Waals surface area (Å²) in [5.41, 5.74) is 2.08. The molecule has 0 spiro atoms. The molecule has 0 bridgehead atoms. The lowest BCUT2D eigenvalue weighted by molar-refractivity contribution is -0.150. The zero-order valence-electron chi connectivity index (χ0n) is 16.1. The van der Waals surface area contributed by atoms with Crippen molar-refractivity contribution in [1.82, 2.24) is 15.0 Å². The molecule has 7 nitrogen and oxygen atoms in total. The minimum absolute atomic E-state index is 0.0168. The van der Waals surface area contributed by atoms with Gasteiger partial charge in [-0.1, -0.05) is 43.3 Å². The number of hydrogen-bond acceptors (Lipinski definition) is 6. The van der Waals surface area contributed by atoms with Crippen LogP contribution in [0.15, 0.2) is 28.8 Å². The summed E-state index contributed by atoms with van der Waals surface area (Å²) in [6.07, 6.45) is 0.189. The molecule has 0 radical (unpaired) electrons. The van der Waals surface area contributed by atoms with Crippen molar-refractivity contribution in [2.24, 2.45) is 5.92 Å². The van der Waals surface area contributed by atoms with Crippen molar-refractivity contribution < 1.29 is 18.8 Å². The van der Waals surface area contributed by atoms with E-state index in [0.717, 1.165) is 5.56 Å². The average molecular weight is 371 g/mol. The molecule has 0 N–H and O–H groups in total. The lowest BCUT2D eigenvalue weighted by Crippen LogP contribution is -2.33. The zero-order chi connectivity index (χ0) is 19.6. The first-order valence-corrected chi connectivity index (χ1v) is 9.24. The molecule has 2 heterocycles. The minimum atomic E-state index is -0.439. The van der Waals surface area contributed by atoms with Crippen molar-refractivity contribution in [1.29, 1.82) is 0 Å². The van der Waals surface area contributed by atoms with Gasteiger partial charge in [-0.25, -0.2) is 0 Å². The summed E-state index contributed by atoms with van der Waals surface area (Å²) in [5.74, 6) is 0.276. The van der Waals surface area contributed by atoms with Crippen molar-refractivity contribution in [2.45, 2.75) is 52.7 Å². The first-order chi connectivity index (χ1) is 12.8. The Morgan fingerprint density at radius 2 is 1.96 bits per heavy atom. The third-order valence-electron chi connectivity index (χ3n) is 4.76. The molecular weight excluding hydrogens is 346 g/mol. The van der Waals surface area contributed by atoms with Gasteiger partial charge < -0.3 is 14.2 Å². The predicted molar refractivity (Wildman–Crippen MR) is 98.6 cm³/mol. The van der Waals surface area contributed by atoms with E-state index < -0.39 is 11.9 Å². The minimum Gasteiger partial charge on any atom is -0.455 e. The Hall–Kier alpha value is -2.70. The van der Waals surface area contributed by atoms with Gasteiger partial charge in [0.05, 0.1) is 5.92 Å². The van der Waals surface area contributed by atoms with E-state index in [1.165, 1.54) is 5.56 Å². The highest BCUT2D eigenvalue weighted by molar-refractivity contribution is 5.86. The molecule has 1 atom stereocenters. The fourth-order valence-corrected chi connectivity index (χ4v) is 3.09. The van der Waals surface area contributed by atoms with Gasteiger partial charge in [0.15, 0.2) is 6.61 Å². The lowest BCUT2D eigenvalue weighted by Gasteiger charge is -2.20. The van der Waals surface area contributed by atoms with Crippen LogP contribution in [-0.4, -0.2) is 39.5 Å². The SMILES string of the molecule is CC(C)c1ccc(-c2noc(COC(=O)[C@H]3CC(=O)N(C(C)C)C3)n2)cc1. The molecule has 1 fully saturated rings. The Balaban J connectivity index is 1.57. The van der Waals surface area contributed by atoms with E-state index in [4.69, 9.17) is 9.26 Å². The Morgan fingerprint density at radius 1 is 1.26 bits per heavy atom. The second kappa shape index (κ2) is 7.90. The molecule has 0 unspecified atom stereocenters. The van der Waals surface area contributed by atoms with Crippen LogP contribution in [0.25, 0.3) is 11.4 Å². The van der Waals surface area contributed by atoms with Crippen LogP contribution in [0, 0.1) is 5.92 Å². The van der Waals surface area contributed by atoms with E-state index in [0.29, 0.717) is 18.3 Å². The molecule has 2 aromatic rings. The highest BCUT2D eigenvalue weighted by Crippen LogP contribution is 2.23. The summed E-state index contributed by atoms with van der Waals surface area (Å²) >= 11 is 0. The van der Waals surface area contributed by atoms with E-state index in [9.17, 15) is 9.59 Å². The predicted octanol–water partition coefficient (Wildman–Crippen LogP) is 3.16. The van der Waals surface area contributed by atoms with Crippen LogP contribution in [-0.2, 0) is 20.9 Å². The molecule has 1 amide bonds.